The molecule has 0 unspecified atom stereocenters. The summed E-state index contributed by atoms with van der Waals surface area (Å²) in [6.07, 6.45) is -5.97. The maximum Gasteiger partial charge on any atom is 0.490 e. The van der Waals surface area contributed by atoms with Crippen LogP contribution in [0.3, 0.4) is 0 Å². The third-order valence-corrected chi connectivity index (χ3v) is 8.93. The zero-order valence-electron chi connectivity index (χ0n) is 18.7. The van der Waals surface area contributed by atoms with Crippen molar-refractivity contribution in [1.82, 2.24) is 0 Å². The number of hydrogen-bond acceptors (Lipinski definition) is 7. The van der Waals surface area contributed by atoms with Crippen molar-refractivity contribution in [3.8, 4) is 0 Å². The molecule has 0 amide bonds. The van der Waals surface area contributed by atoms with Crippen molar-refractivity contribution in [3.63, 3.8) is 0 Å². The molecule has 0 heterocycles. The molecular weight excluding hydrogens is 462 g/mol. The summed E-state index contributed by atoms with van der Waals surface area (Å²) in [5.41, 5.74) is -2.43. The molecule has 4 N–H and O–H groups in total. The Morgan fingerprint density at radius 1 is 1.26 bits per heavy atom. The third kappa shape index (κ3) is 2.95. The predicted molar refractivity (Wildman–Crippen MR) is 109 cm³/mol. The van der Waals surface area contributed by atoms with Crippen LogP contribution in [0.1, 0.15) is 39.5 Å². The van der Waals surface area contributed by atoms with Gasteiger partial charge in [0.1, 0.15) is 6.10 Å². The van der Waals surface area contributed by atoms with Crippen LogP contribution in [0.5, 0.6) is 0 Å². The van der Waals surface area contributed by atoms with Gasteiger partial charge in [-0.05, 0) is 50.7 Å². The molecule has 0 aromatic carbocycles. The van der Waals surface area contributed by atoms with Gasteiger partial charge in [0.15, 0.2) is 22.8 Å². The fourth-order valence-corrected chi connectivity index (χ4v) is 7.17. The van der Waals surface area contributed by atoms with Crippen LogP contribution >= 0.6 is 0 Å². The Kier molecular flexibility index (Phi) is 5.47. The van der Waals surface area contributed by atoms with E-state index in [1.54, 1.807) is 0 Å². The number of fused-ring (bicyclic) bond motifs is 5. The lowest BCUT2D eigenvalue weighted by atomic mass is 9.44. The molecule has 0 spiro atoms. The monoisotopic (exact) mass is 489 g/mol. The zero-order valence-corrected chi connectivity index (χ0v) is 18.7. The number of aliphatic hydroxyl groups is 2. The molecule has 4 aliphatic carbocycles. The number of carbonyl (C=O) groups is 3. The normalized spacial score (nSPS) is 45.7. The molecule has 34 heavy (non-hydrogen) atoms. The molecule has 0 saturated heterocycles. The fourth-order valence-electron chi connectivity index (χ4n) is 7.17. The van der Waals surface area contributed by atoms with E-state index in [1.807, 2.05) is 0 Å². The minimum atomic E-state index is -5.41. The van der Waals surface area contributed by atoms with Gasteiger partial charge in [-0.15, -0.1) is 0 Å². The fraction of sp³-hybridized carbons (Fsp3) is 0.696. The number of allylic oxidation sites excluding steroid dienone is 4. The molecule has 4 rings (SSSR count). The summed E-state index contributed by atoms with van der Waals surface area (Å²) in [4.78, 5) is 36.5. The van der Waals surface area contributed by atoms with Gasteiger partial charge in [-0.2, -0.15) is 13.2 Å². The number of nitrogens with two attached hydrogens (primary N) is 1. The molecular formula is C23H27F4NO6. The molecule has 11 heteroatoms. The van der Waals surface area contributed by atoms with Crippen molar-refractivity contribution in [2.24, 2.45) is 28.4 Å². The topological polar surface area (TPSA) is 127 Å². The van der Waals surface area contributed by atoms with Gasteiger partial charge in [-0.3, -0.25) is 9.59 Å². The largest absolute Gasteiger partial charge is 0.490 e. The number of alkyl halides is 4. The van der Waals surface area contributed by atoms with Gasteiger partial charge < -0.3 is 20.7 Å². The molecule has 0 aromatic heterocycles. The van der Waals surface area contributed by atoms with E-state index >= 15 is 4.39 Å². The Hall–Kier alpha value is -2.11. The molecule has 0 bridgehead atoms. The number of halogens is 4. The summed E-state index contributed by atoms with van der Waals surface area (Å²) in [5, 5.41) is 22.1. The van der Waals surface area contributed by atoms with Gasteiger partial charge in [0.05, 0.1) is 12.6 Å². The molecule has 3 saturated carbocycles. The molecule has 8 atom stereocenters. The van der Waals surface area contributed by atoms with E-state index in [9.17, 15) is 37.8 Å². The van der Waals surface area contributed by atoms with Gasteiger partial charge in [-0.1, -0.05) is 18.6 Å². The summed E-state index contributed by atoms with van der Waals surface area (Å²) in [6.45, 7) is 2.18. The van der Waals surface area contributed by atoms with Gasteiger partial charge in [0, 0.05) is 16.7 Å². The number of rotatable bonds is 3. The zero-order chi connectivity index (χ0) is 25.5. The minimum Gasteiger partial charge on any atom is -0.452 e. The Morgan fingerprint density at radius 2 is 1.91 bits per heavy atom. The lowest BCUT2D eigenvalue weighted by Crippen LogP contribution is -2.70. The second-order valence-corrected chi connectivity index (χ2v) is 10.3. The lowest BCUT2D eigenvalue weighted by Gasteiger charge is -2.62. The summed E-state index contributed by atoms with van der Waals surface area (Å²) in [6, 6.07) is 0. The van der Waals surface area contributed by atoms with Crippen LogP contribution in [0, 0.1) is 22.7 Å². The quantitative estimate of drug-likeness (QED) is 0.407. The van der Waals surface area contributed by atoms with Crippen LogP contribution in [-0.2, 0) is 19.1 Å². The first-order valence-corrected chi connectivity index (χ1v) is 11.1. The van der Waals surface area contributed by atoms with Crippen molar-refractivity contribution >= 4 is 17.5 Å². The summed E-state index contributed by atoms with van der Waals surface area (Å²) < 4.78 is 61.7. The number of ether oxygens (including phenoxy) is 1. The van der Waals surface area contributed by atoms with E-state index in [1.165, 1.54) is 26.0 Å². The minimum absolute atomic E-state index is 0.0545. The van der Waals surface area contributed by atoms with Crippen molar-refractivity contribution in [1.29, 1.82) is 0 Å². The second kappa shape index (κ2) is 7.44. The Bertz CT molecular complexity index is 1010. The Balaban J connectivity index is 1.90. The van der Waals surface area contributed by atoms with Crippen molar-refractivity contribution in [2.75, 3.05) is 6.54 Å². The number of Topliss-reactive ketones (excluding diaryl/α,β-unsaturated/α-hetero) is 1. The molecule has 4 aliphatic rings. The Labute approximate surface area is 193 Å². The first-order chi connectivity index (χ1) is 15.6. The van der Waals surface area contributed by atoms with Crippen LogP contribution < -0.4 is 5.73 Å². The first kappa shape index (κ1) is 25.0. The highest BCUT2D eigenvalue weighted by atomic mass is 19.4. The van der Waals surface area contributed by atoms with Crippen molar-refractivity contribution in [2.45, 2.75) is 69.2 Å². The van der Waals surface area contributed by atoms with Crippen LogP contribution in [0.4, 0.5) is 17.6 Å². The standard InChI is InChI=1S/C23H27F4NO6/c1-19-6-5-12(29)7-11(19)3-4-13-14-8-15(30)22(33,16(31)10-28)20(14,2)9-17(21(13,19)24)34-18(32)23(25,26)27/h5-7,13-15,17,30,33H,3-4,8-10,28H2,1-2H3/t13-,14-,15+,17-,19-,20-,21-,22-/m0/s1. The highest BCUT2D eigenvalue weighted by Crippen LogP contribution is 2.70. The van der Waals surface area contributed by atoms with E-state index < -0.39 is 82.8 Å². The lowest BCUT2D eigenvalue weighted by molar-refractivity contribution is -0.249. The maximum absolute atomic E-state index is 17.4. The van der Waals surface area contributed by atoms with Crippen molar-refractivity contribution < 1.29 is 46.9 Å². The maximum atomic E-state index is 17.4. The molecule has 188 valence electrons. The number of hydrogen-bond donors (Lipinski definition) is 3. The average Bonchev–Trinajstić information content (AvgIpc) is 2.95. The van der Waals surface area contributed by atoms with Gasteiger partial charge in [0.2, 0.25) is 0 Å². The molecule has 0 radical (unpaired) electrons. The summed E-state index contributed by atoms with van der Waals surface area (Å²) >= 11 is 0. The number of aliphatic hydroxyl groups excluding tert-OH is 1. The van der Waals surface area contributed by atoms with Gasteiger partial charge in [0.25, 0.3) is 0 Å². The molecule has 7 nitrogen and oxygen atoms in total. The van der Waals surface area contributed by atoms with Gasteiger partial charge in [-0.25, -0.2) is 9.18 Å². The Morgan fingerprint density at radius 3 is 2.50 bits per heavy atom. The predicted octanol–water partition coefficient (Wildman–Crippen LogP) is 1.70. The highest BCUT2D eigenvalue weighted by Gasteiger charge is 2.77. The van der Waals surface area contributed by atoms with E-state index in [-0.39, 0.29) is 19.3 Å². The highest BCUT2D eigenvalue weighted by molar-refractivity contribution is 6.01. The van der Waals surface area contributed by atoms with E-state index in [4.69, 9.17) is 10.5 Å². The third-order valence-electron chi connectivity index (χ3n) is 8.93. The number of carbonyl (C=O) groups excluding carboxylic acids is 3. The molecule has 3 fully saturated rings. The van der Waals surface area contributed by atoms with Crippen LogP contribution in [0.15, 0.2) is 23.8 Å². The molecule has 0 aliphatic heterocycles. The van der Waals surface area contributed by atoms with E-state index in [0.29, 0.717) is 5.57 Å². The van der Waals surface area contributed by atoms with Crippen LogP contribution in [-0.4, -0.2) is 63.9 Å². The first-order valence-electron chi connectivity index (χ1n) is 11.1. The van der Waals surface area contributed by atoms with E-state index in [0.717, 1.165) is 6.08 Å². The van der Waals surface area contributed by atoms with E-state index in [2.05, 4.69) is 0 Å². The molecule has 0 aromatic rings. The SMILES string of the molecule is C[C@]12C=CC(=O)C=C1CC[C@H]1[C@@H]3C[C@@H](O)[C@](O)(C(=O)CN)[C@@]3(C)C[C@H](OC(=O)C(F)(F)F)[C@@]12F. The smallest absolute Gasteiger partial charge is 0.452 e. The number of esters is 1. The van der Waals surface area contributed by atoms with Crippen LogP contribution in [0.25, 0.3) is 0 Å². The van der Waals surface area contributed by atoms with Crippen molar-refractivity contribution in [3.05, 3.63) is 23.8 Å². The second-order valence-electron chi connectivity index (χ2n) is 10.3. The number of ketones is 2. The summed E-state index contributed by atoms with van der Waals surface area (Å²) in [7, 11) is 0. The van der Waals surface area contributed by atoms with Crippen LogP contribution in [0.2, 0.25) is 0 Å². The van der Waals surface area contributed by atoms with Gasteiger partial charge >= 0.3 is 12.1 Å². The summed E-state index contributed by atoms with van der Waals surface area (Å²) in [5.74, 6) is -5.84. The average molecular weight is 489 g/mol.